The third-order valence-corrected chi connectivity index (χ3v) is 5.78. The van der Waals surface area contributed by atoms with E-state index in [-0.39, 0.29) is 17.9 Å². The maximum absolute atomic E-state index is 13.2. The average Bonchev–Trinajstić information content (AvgIpc) is 3.08. The number of carbonyl (C=O) groups excluding carboxylic acids is 2. The molecule has 20 heavy (non-hydrogen) atoms. The lowest BCUT2D eigenvalue weighted by atomic mass is 9.81. The molecule has 1 atom stereocenters. The van der Waals surface area contributed by atoms with Crippen LogP contribution in [0.2, 0.25) is 0 Å². The summed E-state index contributed by atoms with van der Waals surface area (Å²) < 4.78 is 0. The normalized spacial score (nSPS) is 29.2. The van der Waals surface area contributed by atoms with Gasteiger partial charge in [0.1, 0.15) is 11.1 Å². The molecule has 4 nitrogen and oxygen atoms in total. The highest BCUT2D eigenvalue weighted by Crippen LogP contribution is 2.45. The van der Waals surface area contributed by atoms with Crippen LogP contribution in [0.1, 0.15) is 71.6 Å². The number of nitrogens with zero attached hydrogens (tertiary/aromatic N) is 1. The standard InChI is InChI=1S/C16H26N2O2/c1-3-12(2)18-14(20)15(8-4-5-9-15)17-13(19)16(18)10-6-7-11-16/h12H,3-11H2,1-2H3,(H,17,19). The van der Waals surface area contributed by atoms with E-state index in [0.29, 0.717) is 0 Å². The van der Waals surface area contributed by atoms with Crippen molar-refractivity contribution in [2.75, 3.05) is 0 Å². The number of carbonyl (C=O) groups is 2. The molecular formula is C16H26N2O2. The largest absolute Gasteiger partial charge is 0.340 e. The molecule has 0 bridgehead atoms. The Labute approximate surface area is 121 Å². The van der Waals surface area contributed by atoms with E-state index in [1.807, 2.05) is 4.90 Å². The van der Waals surface area contributed by atoms with Crippen molar-refractivity contribution < 1.29 is 9.59 Å². The Hall–Kier alpha value is -1.06. The van der Waals surface area contributed by atoms with E-state index in [1.54, 1.807) is 0 Å². The van der Waals surface area contributed by atoms with Crippen LogP contribution in [0.3, 0.4) is 0 Å². The van der Waals surface area contributed by atoms with Gasteiger partial charge in [0.15, 0.2) is 0 Å². The van der Waals surface area contributed by atoms with Gasteiger partial charge < -0.3 is 10.2 Å². The van der Waals surface area contributed by atoms with Gasteiger partial charge in [0, 0.05) is 6.04 Å². The van der Waals surface area contributed by atoms with Gasteiger partial charge in [-0.1, -0.05) is 32.6 Å². The first-order valence-electron chi connectivity index (χ1n) is 8.22. The summed E-state index contributed by atoms with van der Waals surface area (Å²) in [5.74, 6) is 0.322. The molecule has 0 aromatic heterocycles. The van der Waals surface area contributed by atoms with Gasteiger partial charge in [0.2, 0.25) is 11.8 Å². The van der Waals surface area contributed by atoms with E-state index in [4.69, 9.17) is 0 Å². The third kappa shape index (κ3) is 1.73. The molecule has 1 N–H and O–H groups in total. The van der Waals surface area contributed by atoms with Crippen LogP contribution in [0.15, 0.2) is 0 Å². The number of hydrogen-bond acceptors (Lipinski definition) is 2. The van der Waals surface area contributed by atoms with Gasteiger partial charge in [-0.2, -0.15) is 0 Å². The summed E-state index contributed by atoms with van der Waals surface area (Å²) in [6.45, 7) is 4.20. The minimum Gasteiger partial charge on any atom is -0.340 e. The molecule has 1 heterocycles. The Balaban J connectivity index is 2.01. The lowest BCUT2D eigenvalue weighted by Crippen LogP contribution is -2.75. The highest BCUT2D eigenvalue weighted by molar-refractivity contribution is 6.02. The van der Waals surface area contributed by atoms with E-state index < -0.39 is 11.1 Å². The molecule has 0 radical (unpaired) electrons. The monoisotopic (exact) mass is 278 g/mol. The van der Waals surface area contributed by atoms with Crippen molar-refractivity contribution >= 4 is 11.8 Å². The minimum atomic E-state index is -0.575. The van der Waals surface area contributed by atoms with Gasteiger partial charge in [0.05, 0.1) is 0 Å². The lowest BCUT2D eigenvalue weighted by molar-refractivity contribution is -0.166. The van der Waals surface area contributed by atoms with Gasteiger partial charge in [-0.15, -0.1) is 0 Å². The zero-order valence-corrected chi connectivity index (χ0v) is 12.7. The van der Waals surface area contributed by atoms with Gasteiger partial charge in [-0.05, 0) is 39.0 Å². The van der Waals surface area contributed by atoms with Crippen LogP contribution < -0.4 is 5.32 Å². The third-order valence-electron chi connectivity index (χ3n) is 5.78. The smallest absolute Gasteiger partial charge is 0.249 e. The molecule has 2 aliphatic carbocycles. The summed E-state index contributed by atoms with van der Waals surface area (Å²) in [4.78, 5) is 28.0. The van der Waals surface area contributed by atoms with E-state index in [9.17, 15) is 9.59 Å². The van der Waals surface area contributed by atoms with Crippen molar-refractivity contribution in [3.8, 4) is 0 Å². The van der Waals surface area contributed by atoms with Crippen molar-refractivity contribution in [3.05, 3.63) is 0 Å². The quantitative estimate of drug-likeness (QED) is 0.843. The van der Waals surface area contributed by atoms with Crippen LogP contribution in [0.5, 0.6) is 0 Å². The summed E-state index contributed by atoms with van der Waals surface area (Å²) >= 11 is 0. The molecule has 1 unspecified atom stereocenters. The number of nitrogens with one attached hydrogen (secondary N) is 1. The van der Waals surface area contributed by atoms with Crippen LogP contribution in [-0.2, 0) is 9.59 Å². The predicted molar refractivity (Wildman–Crippen MR) is 77.1 cm³/mol. The fourth-order valence-electron chi connectivity index (χ4n) is 4.47. The summed E-state index contributed by atoms with van der Waals surface area (Å²) in [5, 5.41) is 3.15. The molecule has 2 amide bonds. The van der Waals surface area contributed by atoms with Crippen molar-refractivity contribution in [2.24, 2.45) is 0 Å². The van der Waals surface area contributed by atoms with Crippen molar-refractivity contribution in [2.45, 2.75) is 88.8 Å². The molecule has 2 saturated carbocycles. The van der Waals surface area contributed by atoms with Gasteiger partial charge >= 0.3 is 0 Å². The second kappa shape index (κ2) is 4.74. The summed E-state index contributed by atoms with van der Waals surface area (Å²) in [6, 6.07) is 0.157. The molecule has 3 aliphatic rings. The molecular weight excluding hydrogens is 252 g/mol. The van der Waals surface area contributed by atoms with Crippen LogP contribution in [-0.4, -0.2) is 33.8 Å². The first-order chi connectivity index (χ1) is 9.56. The number of rotatable bonds is 2. The fourth-order valence-corrected chi connectivity index (χ4v) is 4.47. The summed E-state index contributed by atoms with van der Waals surface area (Å²) in [5.41, 5.74) is -1.12. The van der Waals surface area contributed by atoms with Gasteiger partial charge in [-0.3, -0.25) is 9.59 Å². The Bertz CT molecular complexity index is 420. The minimum absolute atomic E-state index is 0.122. The SMILES string of the molecule is CCC(C)N1C(=O)C2(CCCC2)NC(=O)C12CCCC2. The highest BCUT2D eigenvalue weighted by Gasteiger charge is 2.60. The molecule has 0 aromatic rings. The first-order valence-corrected chi connectivity index (χ1v) is 8.22. The Morgan fingerprint density at radius 1 is 1.10 bits per heavy atom. The molecule has 0 aromatic carbocycles. The maximum atomic E-state index is 13.2. The molecule has 3 rings (SSSR count). The van der Waals surface area contributed by atoms with Crippen LogP contribution in [0.4, 0.5) is 0 Å². The molecule has 1 saturated heterocycles. The van der Waals surface area contributed by atoms with Gasteiger partial charge in [-0.25, -0.2) is 0 Å². The van der Waals surface area contributed by atoms with E-state index in [1.165, 1.54) is 0 Å². The Morgan fingerprint density at radius 3 is 2.20 bits per heavy atom. The highest BCUT2D eigenvalue weighted by atomic mass is 16.2. The zero-order chi connectivity index (χ0) is 14.4. The average molecular weight is 278 g/mol. The van der Waals surface area contributed by atoms with Crippen LogP contribution in [0.25, 0.3) is 0 Å². The molecule has 1 aliphatic heterocycles. The second-order valence-corrected chi connectivity index (χ2v) is 6.91. The molecule has 3 fully saturated rings. The maximum Gasteiger partial charge on any atom is 0.249 e. The number of amides is 2. The van der Waals surface area contributed by atoms with E-state index in [2.05, 4.69) is 19.2 Å². The van der Waals surface area contributed by atoms with E-state index >= 15 is 0 Å². The van der Waals surface area contributed by atoms with Crippen LogP contribution >= 0.6 is 0 Å². The molecule has 2 spiro atoms. The molecule has 112 valence electrons. The fraction of sp³-hybridized carbons (Fsp3) is 0.875. The summed E-state index contributed by atoms with van der Waals surface area (Å²) in [7, 11) is 0. The van der Waals surface area contributed by atoms with Crippen molar-refractivity contribution in [1.29, 1.82) is 0 Å². The zero-order valence-electron chi connectivity index (χ0n) is 12.7. The lowest BCUT2D eigenvalue weighted by Gasteiger charge is -2.52. The summed E-state index contributed by atoms with van der Waals surface area (Å²) in [6.07, 6.45) is 8.44. The first kappa shape index (κ1) is 13.9. The predicted octanol–water partition coefficient (Wildman–Crippen LogP) is 2.37. The van der Waals surface area contributed by atoms with Crippen LogP contribution in [0, 0.1) is 0 Å². The van der Waals surface area contributed by atoms with Crippen molar-refractivity contribution in [1.82, 2.24) is 10.2 Å². The topological polar surface area (TPSA) is 49.4 Å². The second-order valence-electron chi connectivity index (χ2n) is 6.91. The molecule has 4 heteroatoms. The number of hydrogen-bond donors (Lipinski definition) is 1. The van der Waals surface area contributed by atoms with E-state index in [0.717, 1.165) is 57.8 Å². The Kier molecular flexibility index (Phi) is 3.30. The van der Waals surface area contributed by atoms with Gasteiger partial charge in [0.25, 0.3) is 0 Å². The number of piperazine rings is 1. The Morgan fingerprint density at radius 2 is 1.65 bits per heavy atom. The van der Waals surface area contributed by atoms with Crippen molar-refractivity contribution in [3.63, 3.8) is 0 Å².